The number of Topliss-reactive ketones (excluding diaryl/α,β-unsaturated/α-hetero) is 1. The van der Waals surface area contributed by atoms with Crippen molar-refractivity contribution in [3.63, 3.8) is 0 Å². The van der Waals surface area contributed by atoms with E-state index in [4.69, 9.17) is 0 Å². The molecule has 3 unspecified atom stereocenters. The molecule has 0 saturated heterocycles. The summed E-state index contributed by atoms with van der Waals surface area (Å²) in [7, 11) is 0. The van der Waals surface area contributed by atoms with Gasteiger partial charge in [0, 0.05) is 17.3 Å². The van der Waals surface area contributed by atoms with Crippen LogP contribution in [0.15, 0.2) is 24.3 Å². The van der Waals surface area contributed by atoms with Crippen LogP contribution in [0.4, 0.5) is 5.69 Å². The summed E-state index contributed by atoms with van der Waals surface area (Å²) in [5.74, 6) is 1.66. The Bertz CT molecular complexity index is 396. The van der Waals surface area contributed by atoms with Gasteiger partial charge in [-0.15, -0.1) is 0 Å². The van der Waals surface area contributed by atoms with Gasteiger partial charge in [0.2, 0.25) is 0 Å². The Kier molecular flexibility index (Phi) is 3.51. The molecule has 1 fully saturated rings. The molecule has 17 heavy (non-hydrogen) atoms. The van der Waals surface area contributed by atoms with E-state index in [0.717, 1.165) is 23.1 Å². The number of anilines is 1. The summed E-state index contributed by atoms with van der Waals surface area (Å²) in [4.78, 5) is 11.2. The largest absolute Gasteiger partial charge is 0.382 e. The van der Waals surface area contributed by atoms with Gasteiger partial charge in [0.1, 0.15) is 0 Å². The molecular formula is C15H21NO. The molecule has 0 bridgehead atoms. The molecule has 0 radical (unpaired) electrons. The van der Waals surface area contributed by atoms with Crippen molar-refractivity contribution in [2.75, 3.05) is 5.32 Å². The van der Waals surface area contributed by atoms with Gasteiger partial charge < -0.3 is 5.32 Å². The fourth-order valence-corrected chi connectivity index (χ4v) is 2.58. The van der Waals surface area contributed by atoms with E-state index in [1.807, 2.05) is 24.3 Å². The summed E-state index contributed by atoms with van der Waals surface area (Å²) in [6.45, 7) is 6.24. The molecule has 1 aliphatic rings. The van der Waals surface area contributed by atoms with Gasteiger partial charge in [-0.05, 0) is 55.9 Å². The normalized spacial score (nSPS) is 28.1. The second-order valence-electron chi connectivity index (χ2n) is 5.30. The van der Waals surface area contributed by atoms with Crippen molar-refractivity contribution in [1.82, 2.24) is 0 Å². The van der Waals surface area contributed by atoms with Crippen molar-refractivity contribution in [3.05, 3.63) is 29.8 Å². The number of benzene rings is 1. The lowest BCUT2D eigenvalue weighted by atomic mass is 9.97. The molecule has 2 heteroatoms. The highest BCUT2D eigenvalue weighted by molar-refractivity contribution is 5.94. The molecule has 1 aliphatic carbocycles. The fraction of sp³-hybridized carbons (Fsp3) is 0.533. The molecule has 0 spiro atoms. The van der Waals surface area contributed by atoms with E-state index in [-0.39, 0.29) is 5.78 Å². The highest BCUT2D eigenvalue weighted by Gasteiger charge is 2.29. The lowest BCUT2D eigenvalue weighted by molar-refractivity contribution is 0.101. The van der Waals surface area contributed by atoms with E-state index >= 15 is 0 Å². The van der Waals surface area contributed by atoms with E-state index in [0.29, 0.717) is 6.04 Å². The van der Waals surface area contributed by atoms with Crippen LogP contribution in [0.5, 0.6) is 0 Å². The van der Waals surface area contributed by atoms with Crippen LogP contribution in [-0.2, 0) is 0 Å². The molecule has 0 aliphatic heterocycles. The van der Waals surface area contributed by atoms with Crippen molar-refractivity contribution in [2.24, 2.45) is 11.8 Å². The zero-order valence-corrected chi connectivity index (χ0v) is 10.9. The molecule has 92 valence electrons. The monoisotopic (exact) mass is 231 g/mol. The van der Waals surface area contributed by atoms with Crippen molar-refractivity contribution < 1.29 is 4.79 Å². The summed E-state index contributed by atoms with van der Waals surface area (Å²) in [5.41, 5.74) is 1.91. The van der Waals surface area contributed by atoms with Gasteiger partial charge >= 0.3 is 0 Å². The number of hydrogen-bond donors (Lipinski definition) is 1. The Morgan fingerprint density at radius 3 is 2.29 bits per heavy atom. The number of rotatable bonds is 3. The standard InChI is InChI=1S/C15H21NO/c1-10-4-9-15(11(10)2)16-14-7-5-13(6-8-14)12(3)17/h5-8,10-11,15-16H,4,9H2,1-3H3. The van der Waals surface area contributed by atoms with Crippen LogP contribution in [-0.4, -0.2) is 11.8 Å². The minimum absolute atomic E-state index is 0.124. The first-order chi connectivity index (χ1) is 8.08. The third kappa shape index (κ3) is 2.68. The van der Waals surface area contributed by atoms with Gasteiger partial charge in [-0.25, -0.2) is 0 Å². The van der Waals surface area contributed by atoms with Crippen LogP contribution in [0.3, 0.4) is 0 Å². The lowest BCUT2D eigenvalue weighted by Crippen LogP contribution is -2.23. The quantitative estimate of drug-likeness (QED) is 0.803. The van der Waals surface area contributed by atoms with Gasteiger partial charge in [-0.1, -0.05) is 13.8 Å². The van der Waals surface area contributed by atoms with E-state index < -0.39 is 0 Å². The van der Waals surface area contributed by atoms with Crippen molar-refractivity contribution in [2.45, 2.75) is 39.7 Å². The van der Waals surface area contributed by atoms with Crippen LogP contribution in [0.1, 0.15) is 44.0 Å². The zero-order chi connectivity index (χ0) is 12.4. The Hall–Kier alpha value is -1.31. The van der Waals surface area contributed by atoms with E-state index in [1.54, 1.807) is 6.92 Å². The van der Waals surface area contributed by atoms with E-state index in [2.05, 4.69) is 19.2 Å². The minimum Gasteiger partial charge on any atom is -0.382 e. The number of carbonyl (C=O) groups excluding carboxylic acids is 1. The molecular weight excluding hydrogens is 210 g/mol. The maximum absolute atomic E-state index is 11.2. The number of ketones is 1. The summed E-state index contributed by atoms with van der Waals surface area (Å²) >= 11 is 0. The fourth-order valence-electron chi connectivity index (χ4n) is 2.58. The molecule has 2 nitrogen and oxygen atoms in total. The van der Waals surface area contributed by atoms with Crippen molar-refractivity contribution in [1.29, 1.82) is 0 Å². The Morgan fingerprint density at radius 2 is 1.82 bits per heavy atom. The third-order valence-electron chi connectivity index (χ3n) is 4.11. The summed E-state index contributed by atoms with van der Waals surface area (Å²) in [5, 5.41) is 3.58. The van der Waals surface area contributed by atoms with Gasteiger partial charge in [0.15, 0.2) is 5.78 Å². The summed E-state index contributed by atoms with van der Waals surface area (Å²) in [6, 6.07) is 8.38. The van der Waals surface area contributed by atoms with Crippen LogP contribution < -0.4 is 5.32 Å². The lowest BCUT2D eigenvalue weighted by Gasteiger charge is -2.20. The molecule has 1 saturated carbocycles. The zero-order valence-electron chi connectivity index (χ0n) is 10.9. The topological polar surface area (TPSA) is 29.1 Å². The molecule has 0 amide bonds. The molecule has 3 atom stereocenters. The first-order valence-corrected chi connectivity index (χ1v) is 6.45. The smallest absolute Gasteiger partial charge is 0.159 e. The van der Waals surface area contributed by atoms with E-state index in [9.17, 15) is 4.79 Å². The van der Waals surface area contributed by atoms with Gasteiger partial charge in [0.25, 0.3) is 0 Å². The SMILES string of the molecule is CC(=O)c1ccc(NC2CCC(C)C2C)cc1. The Morgan fingerprint density at radius 1 is 1.18 bits per heavy atom. The number of carbonyl (C=O) groups is 1. The second-order valence-corrected chi connectivity index (χ2v) is 5.30. The average Bonchev–Trinajstić information content (AvgIpc) is 2.62. The Labute approximate surface area is 103 Å². The first-order valence-electron chi connectivity index (χ1n) is 6.45. The second kappa shape index (κ2) is 4.91. The van der Waals surface area contributed by atoms with Gasteiger partial charge in [-0.2, -0.15) is 0 Å². The van der Waals surface area contributed by atoms with Crippen molar-refractivity contribution >= 4 is 11.5 Å². The maximum Gasteiger partial charge on any atom is 0.159 e. The van der Waals surface area contributed by atoms with Crippen LogP contribution in [0.2, 0.25) is 0 Å². The highest BCUT2D eigenvalue weighted by atomic mass is 16.1. The molecule has 0 heterocycles. The molecule has 1 N–H and O–H groups in total. The predicted octanol–water partition coefficient (Wildman–Crippen LogP) is 3.74. The first kappa shape index (κ1) is 12.2. The van der Waals surface area contributed by atoms with Crippen LogP contribution >= 0.6 is 0 Å². The molecule has 0 aromatic heterocycles. The van der Waals surface area contributed by atoms with E-state index in [1.165, 1.54) is 12.8 Å². The van der Waals surface area contributed by atoms with Crippen molar-refractivity contribution in [3.8, 4) is 0 Å². The molecule has 2 rings (SSSR count). The summed E-state index contributed by atoms with van der Waals surface area (Å²) < 4.78 is 0. The van der Waals surface area contributed by atoms with Crippen LogP contribution in [0, 0.1) is 11.8 Å². The summed E-state index contributed by atoms with van der Waals surface area (Å²) in [6.07, 6.45) is 2.56. The highest BCUT2D eigenvalue weighted by Crippen LogP contribution is 2.33. The average molecular weight is 231 g/mol. The molecule has 1 aromatic rings. The third-order valence-corrected chi connectivity index (χ3v) is 4.11. The minimum atomic E-state index is 0.124. The Balaban J connectivity index is 2.02. The number of hydrogen-bond acceptors (Lipinski definition) is 2. The maximum atomic E-state index is 11.2. The van der Waals surface area contributed by atoms with Crippen LogP contribution in [0.25, 0.3) is 0 Å². The van der Waals surface area contributed by atoms with Gasteiger partial charge in [-0.3, -0.25) is 4.79 Å². The van der Waals surface area contributed by atoms with Gasteiger partial charge in [0.05, 0.1) is 0 Å². The number of nitrogens with one attached hydrogen (secondary N) is 1. The predicted molar refractivity (Wildman–Crippen MR) is 71.4 cm³/mol. The molecule has 1 aromatic carbocycles.